The first-order chi connectivity index (χ1) is 6.81. The number of ether oxygens (including phenoxy) is 1. The number of hydrogen-bond donors (Lipinski definition) is 2. The molecule has 0 radical (unpaired) electrons. The maximum absolute atomic E-state index is 9.75. The van der Waals surface area contributed by atoms with E-state index in [0.717, 1.165) is 24.3 Å². The van der Waals surface area contributed by atoms with Crippen LogP contribution in [-0.4, -0.2) is 25.3 Å². The second kappa shape index (κ2) is 3.98. The third-order valence-corrected chi connectivity index (χ3v) is 2.50. The molecular weight excluding hydrogens is 178 g/mol. The SMILES string of the molecule is CNCC(O)c1ccc2c(c1)CCO2. The summed E-state index contributed by atoms with van der Waals surface area (Å²) in [5, 5.41) is 12.7. The Balaban J connectivity index is 2.19. The van der Waals surface area contributed by atoms with E-state index in [9.17, 15) is 5.11 Å². The zero-order chi connectivity index (χ0) is 9.97. The van der Waals surface area contributed by atoms with E-state index in [-0.39, 0.29) is 0 Å². The normalized spacial score (nSPS) is 16.1. The highest BCUT2D eigenvalue weighted by Crippen LogP contribution is 2.27. The number of rotatable bonds is 3. The van der Waals surface area contributed by atoms with Crippen molar-refractivity contribution in [3.05, 3.63) is 29.3 Å². The largest absolute Gasteiger partial charge is 0.493 e. The fourth-order valence-corrected chi connectivity index (χ4v) is 1.72. The second-order valence-electron chi connectivity index (χ2n) is 3.54. The van der Waals surface area contributed by atoms with Gasteiger partial charge in [0.15, 0.2) is 0 Å². The monoisotopic (exact) mass is 193 g/mol. The van der Waals surface area contributed by atoms with Crippen molar-refractivity contribution in [3.8, 4) is 5.75 Å². The minimum atomic E-state index is -0.425. The van der Waals surface area contributed by atoms with Crippen molar-refractivity contribution < 1.29 is 9.84 Å². The van der Waals surface area contributed by atoms with Gasteiger partial charge in [-0.2, -0.15) is 0 Å². The van der Waals surface area contributed by atoms with Gasteiger partial charge in [0.25, 0.3) is 0 Å². The van der Waals surface area contributed by atoms with Crippen LogP contribution in [-0.2, 0) is 6.42 Å². The Bertz CT molecular complexity index is 325. The first-order valence-electron chi connectivity index (χ1n) is 4.89. The van der Waals surface area contributed by atoms with Crippen LogP contribution in [0.2, 0.25) is 0 Å². The Morgan fingerprint density at radius 1 is 1.57 bits per heavy atom. The molecule has 1 unspecified atom stereocenters. The smallest absolute Gasteiger partial charge is 0.122 e. The van der Waals surface area contributed by atoms with E-state index in [2.05, 4.69) is 5.32 Å². The lowest BCUT2D eigenvalue weighted by Gasteiger charge is -2.11. The molecule has 1 aliphatic rings. The van der Waals surface area contributed by atoms with Crippen molar-refractivity contribution in [2.24, 2.45) is 0 Å². The number of aliphatic hydroxyl groups excluding tert-OH is 1. The molecule has 1 aromatic carbocycles. The molecule has 0 aromatic heterocycles. The van der Waals surface area contributed by atoms with E-state index in [1.54, 1.807) is 0 Å². The summed E-state index contributed by atoms with van der Waals surface area (Å²) in [6.07, 6.45) is 0.529. The summed E-state index contributed by atoms with van der Waals surface area (Å²) in [7, 11) is 1.83. The standard InChI is InChI=1S/C11H15NO2/c1-12-7-10(13)8-2-3-11-9(6-8)4-5-14-11/h2-3,6,10,12-13H,4-5,7H2,1H3. The maximum Gasteiger partial charge on any atom is 0.122 e. The lowest BCUT2D eigenvalue weighted by Crippen LogP contribution is -2.16. The number of benzene rings is 1. The number of aliphatic hydroxyl groups is 1. The van der Waals surface area contributed by atoms with Gasteiger partial charge >= 0.3 is 0 Å². The van der Waals surface area contributed by atoms with Gasteiger partial charge in [-0.3, -0.25) is 0 Å². The zero-order valence-electron chi connectivity index (χ0n) is 8.29. The molecule has 0 spiro atoms. The summed E-state index contributed by atoms with van der Waals surface area (Å²) in [4.78, 5) is 0. The summed E-state index contributed by atoms with van der Waals surface area (Å²) < 4.78 is 5.40. The summed E-state index contributed by atoms with van der Waals surface area (Å²) in [6, 6.07) is 5.90. The molecule has 0 fully saturated rings. The first-order valence-corrected chi connectivity index (χ1v) is 4.89. The highest BCUT2D eigenvalue weighted by molar-refractivity contribution is 5.40. The van der Waals surface area contributed by atoms with Gasteiger partial charge in [0.05, 0.1) is 12.7 Å². The molecule has 0 aliphatic carbocycles. The Hall–Kier alpha value is -1.06. The molecular formula is C11H15NO2. The molecule has 1 aliphatic heterocycles. The Labute approximate surface area is 83.7 Å². The van der Waals surface area contributed by atoms with E-state index in [1.807, 2.05) is 25.2 Å². The van der Waals surface area contributed by atoms with Crippen LogP contribution in [0.1, 0.15) is 17.2 Å². The molecule has 0 amide bonds. The highest BCUT2D eigenvalue weighted by Gasteiger charge is 2.14. The van der Waals surface area contributed by atoms with E-state index < -0.39 is 6.10 Å². The van der Waals surface area contributed by atoms with Crippen LogP contribution < -0.4 is 10.1 Å². The van der Waals surface area contributed by atoms with Crippen LogP contribution in [0.25, 0.3) is 0 Å². The van der Waals surface area contributed by atoms with Crippen molar-refractivity contribution in [1.82, 2.24) is 5.32 Å². The van der Waals surface area contributed by atoms with Crippen LogP contribution in [0.5, 0.6) is 5.75 Å². The molecule has 2 N–H and O–H groups in total. The summed E-state index contributed by atoms with van der Waals surface area (Å²) >= 11 is 0. The lowest BCUT2D eigenvalue weighted by molar-refractivity contribution is 0.177. The third-order valence-electron chi connectivity index (χ3n) is 2.50. The van der Waals surface area contributed by atoms with Crippen LogP contribution in [0, 0.1) is 0 Å². The van der Waals surface area contributed by atoms with Crippen LogP contribution in [0.3, 0.4) is 0 Å². The molecule has 3 heteroatoms. The fraction of sp³-hybridized carbons (Fsp3) is 0.455. The molecule has 14 heavy (non-hydrogen) atoms. The molecule has 0 saturated heterocycles. The van der Waals surface area contributed by atoms with E-state index >= 15 is 0 Å². The summed E-state index contributed by atoms with van der Waals surface area (Å²) in [5.74, 6) is 0.963. The molecule has 1 heterocycles. The second-order valence-corrected chi connectivity index (χ2v) is 3.54. The molecule has 76 valence electrons. The fourth-order valence-electron chi connectivity index (χ4n) is 1.72. The molecule has 1 atom stereocenters. The highest BCUT2D eigenvalue weighted by atomic mass is 16.5. The number of hydrogen-bond acceptors (Lipinski definition) is 3. The average molecular weight is 193 g/mol. The van der Waals surface area contributed by atoms with Crippen molar-refractivity contribution in [2.45, 2.75) is 12.5 Å². The van der Waals surface area contributed by atoms with Gasteiger partial charge in [-0.15, -0.1) is 0 Å². The number of fused-ring (bicyclic) bond motifs is 1. The number of likely N-dealkylation sites (N-methyl/N-ethyl adjacent to an activating group) is 1. The van der Waals surface area contributed by atoms with Gasteiger partial charge in [0, 0.05) is 13.0 Å². The maximum atomic E-state index is 9.75. The summed E-state index contributed by atoms with van der Waals surface area (Å²) in [6.45, 7) is 1.35. The van der Waals surface area contributed by atoms with Gasteiger partial charge in [0.2, 0.25) is 0 Å². The lowest BCUT2D eigenvalue weighted by atomic mass is 10.0. The predicted molar refractivity (Wildman–Crippen MR) is 54.5 cm³/mol. The van der Waals surface area contributed by atoms with Gasteiger partial charge < -0.3 is 15.2 Å². The minimum absolute atomic E-state index is 0.425. The quantitative estimate of drug-likeness (QED) is 0.748. The van der Waals surface area contributed by atoms with Gasteiger partial charge in [-0.05, 0) is 30.3 Å². The third kappa shape index (κ3) is 1.74. The van der Waals surface area contributed by atoms with Crippen molar-refractivity contribution in [2.75, 3.05) is 20.2 Å². The average Bonchev–Trinajstić information content (AvgIpc) is 2.64. The molecule has 1 aromatic rings. The van der Waals surface area contributed by atoms with E-state index in [1.165, 1.54) is 5.56 Å². The van der Waals surface area contributed by atoms with Gasteiger partial charge in [0.1, 0.15) is 5.75 Å². The van der Waals surface area contributed by atoms with Crippen molar-refractivity contribution >= 4 is 0 Å². The first kappa shape index (κ1) is 9.49. The molecule has 0 bridgehead atoms. The van der Waals surface area contributed by atoms with E-state index in [4.69, 9.17) is 4.74 Å². The Morgan fingerprint density at radius 2 is 2.43 bits per heavy atom. The van der Waals surface area contributed by atoms with Crippen LogP contribution >= 0.6 is 0 Å². The topological polar surface area (TPSA) is 41.5 Å². The molecule has 3 nitrogen and oxygen atoms in total. The van der Waals surface area contributed by atoms with Gasteiger partial charge in [-0.1, -0.05) is 6.07 Å². The molecule has 2 rings (SSSR count). The van der Waals surface area contributed by atoms with Crippen LogP contribution in [0.15, 0.2) is 18.2 Å². The number of nitrogens with one attached hydrogen (secondary N) is 1. The van der Waals surface area contributed by atoms with Crippen LogP contribution in [0.4, 0.5) is 0 Å². The van der Waals surface area contributed by atoms with Crippen molar-refractivity contribution in [3.63, 3.8) is 0 Å². The van der Waals surface area contributed by atoms with Gasteiger partial charge in [-0.25, -0.2) is 0 Å². The van der Waals surface area contributed by atoms with Crippen molar-refractivity contribution in [1.29, 1.82) is 0 Å². The Morgan fingerprint density at radius 3 is 3.21 bits per heavy atom. The predicted octanol–water partition coefficient (Wildman–Crippen LogP) is 0.874. The summed E-state index contributed by atoms with van der Waals surface area (Å²) in [5.41, 5.74) is 2.17. The van der Waals surface area contributed by atoms with E-state index in [0.29, 0.717) is 6.54 Å². The Kier molecular flexibility index (Phi) is 2.70. The zero-order valence-corrected chi connectivity index (χ0v) is 8.29. The minimum Gasteiger partial charge on any atom is -0.493 e. The molecule has 0 saturated carbocycles.